The van der Waals surface area contributed by atoms with Gasteiger partial charge < -0.3 is 5.32 Å². The van der Waals surface area contributed by atoms with E-state index < -0.39 is 0 Å². The van der Waals surface area contributed by atoms with Crippen LogP contribution in [0.4, 0.5) is 0 Å². The third-order valence-corrected chi connectivity index (χ3v) is 6.19. The maximum Gasteiger partial charge on any atom is 0.226 e. The molecule has 2 saturated carbocycles. The molecule has 0 aliphatic heterocycles. The van der Waals surface area contributed by atoms with Gasteiger partial charge in [-0.1, -0.05) is 64.5 Å². The molecule has 2 fully saturated rings. The Bertz CT molecular complexity index is 588. The lowest BCUT2D eigenvalue weighted by Gasteiger charge is -2.54. The van der Waals surface area contributed by atoms with E-state index in [4.69, 9.17) is 0 Å². The van der Waals surface area contributed by atoms with Gasteiger partial charge in [0.05, 0.1) is 5.41 Å². The summed E-state index contributed by atoms with van der Waals surface area (Å²) in [7, 11) is 0. The van der Waals surface area contributed by atoms with E-state index in [0.717, 1.165) is 43.9 Å². The molecule has 0 saturated heterocycles. The number of hydrogen-bond donors (Lipinski definition) is 1. The van der Waals surface area contributed by atoms with Crippen LogP contribution in [0, 0.1) is 16.2 Å². The SMILES string of the molecule is O=C(NC1CC1)C1(CCBr)CC2(C=CC3(C=CCC=C3)C=C2)C1. The van der Waals surface area contributed by atoms with E-state index in [1.165, 1.54) is 0 Å². The van der Waals surface area contributed by atoms with Crippen LogP contribution >= 0.6 is 15.9 Å². The zero-order chi connectivity index (χ0) is 16.0. The minimum absolute atomic E-state index is 0.0204. The molecule has 2 nitrogen and oxygen atoms in total. The topological polar surface area (TPSA) is 29.1 Å². The van der Waals surface area contributed by atoms with Gasteiger partial charge >= 0.3 is 0 Å². The number of carbonyl (C=O) groups is 1. The van der Waals surface area contributed by atoms with Crippen molar-refractivity contribution in [1.29, 1.82) is 0 Å². The Morgan fingerprint density at radius 2 is 1.70 bits per heavy atom. The van der Waals surface area contributed by atoms with Crippen molar-refractivity contribution < 1.29 is 4.79 Å². The third-order valence-electron chi connectivity index (χ3n) is 5.80. The normalized spacial score (nSPS) is 28.0. The quantitative estimate of drug-likeness (QED) is 0.572. The highest BCUT2D eigenvalue weighted by Gasteiger charge is 2.57. The summed E-state index contributed by atoms with van der Waals surface area (Å²) in [5.74, 6) is 0.282. The first kappa shape index (κ1) is 15.4. The Morgan fingerprint density at radius 3 is 2.26 bits per heavy atom. The molecule has 23 heavy (non-hydrogen) atoms. The van der Waals surface area contributed by atoms with E-state index >= 15 is 0 Å². The minimum Gasteiger partial charge on any atom is -0.353 e. The summed E-state index contributed by atoms with van der Waals surface area (Å²) in [5.41, 5.74) is -0.107. The van der Waals surface area contributed by atoms with Crippen LogP contribution in [0.2, 0.25) is 0 Å². The monoisotopic (exact) mass is 373 g/mol. The van der Waals surface area contributed by atoms with Gasteiger partial charge in [0, 0.05) is 22.2 Å². The van der Waals surface area contributed by atoms with Crippen molar-refractivity contribution in [2.24, 2.45) is 16.2 Å². The zero-order valence-corrected chi connectivity index (χ0v) is 15.0. The predicted molar refractivity (Wildman–Crippen MR) is 97.3 cm³/mol. The van der Waals surface area contributed by atoms with E-state index in [1.54, 1.807) is 0 Å². The average Bonchev–Trinajstić information content (AvgIpc) is 3.33. The minimum atomic E-state index is -0.177. The predicted octanol–water partition coefficient (Wildman–Crippen LogP) is 4.45. The fraction of sp³-hybridized carbons (Fsp3) is 0.550. The van der Waals surface area contributed by atoms with Crippen LogP contribution in [0.5, 0.6) is 0 Å². The maximum atomic E-state index is 12.7. The van der Waals surface area contributed by atoms with Crippen LogP contribution in [-0.2, 0) is 4.79 Å². The molecule has 0 unspecified atom stereocenters. The molecule has 2 spiro atoms. The summed E-state index contributed by atoms with van der Waals surface area (Å²) < 4.78 is 0. The molecule has 0 aromatic heterocycles. The number of carbonyl (C=O) groups excluding carboxylic acids is 1. The van der Waals surface area contributed by atoms with Crippen LogP contribution in [0.1, 0.15) is 38.5 Å². The van der Waals surface area contributed by atoms with Gasteiger partial charge in [-0.15, -0.1) is 0 Å². The van der Waals surface area contributed by atoms with E-state index in [1.807, 2.05) is 0 Å². The van der Waals surface area contributed by atoms with Gasteiger partial charge in [0.25, 0.3) is 0 Å². The van der Waals surface area contributed by atoms with Crippen molar-refractivity contribution in [3.63, 3.8) is 0 Å². The van der Waals surface area contributed by atoms with E-state index in [-0.39, 0.29) is 22.2 Å². The molecule has 4 aliphatic carbocycles. The van der Waals surface area contributed by atoms with Crippen molar-refractivity contribution in [3.05, 3.63) is 48.6 Å². The second kappa shape index (κ2) is 5.47. The van der Waals surface area contributed by atoms with Crippen molar-refractivity contribution in [3.8, 4) is 0 Å². The Kier molecular flexibility index (Phi) is 3.67. The lowest BCUT2D eigenvalue weighted by Crippen LogP contribution is -2.55. The van der Waals surface area contributed by atoms with E-state index in [2.05, 4.69) is 69.9 Å². The molecule has 0 heterocycles. The molecule has 3 heteroatoms. The molecule has 0 atom stereocenters. The summed E-state index contributed by atoms with van der Waals surface area (Å²) >= 11 is 3.55. The second-order valence-corrected chi connectivity index (χ2v) is 8.55. The van der Waals surface area contributed by atoms with Gasteiger partial charge in [-0.25, -0.2) is 0 Å². The largest absolute Gasteiger partial charge is 0.353 e. The first-order chi connectivity index (χ1) is 11.1. The summed E-state index contributed by atoms with van der Waals surface area (Å²) in [6.45, 7) is 0. The Balaban J connectivity index is 1.48. The summed E-state index contributed by atoms with van der Waals surface area (Å²) in [5, 5.41) is 4.12. The molecule has 4 rings (SSSR count). The molecule has 0 aromatic carbocycles. The fourth-order valence-corrected chi connectivity index (χ4v) is 5.03. The Morgan fingerprint density at radius 1 is 1.04 bits per heavy atom. The number of alkyl halides is 1. The van der Waals surface area contributed by atoms with Gasteiger partial charge in [0.15, 0.2) is 0 Å². The number of rotatable bonds is 4. The molecular formula is C20H24BrNO. The van der Waals surface area contributed by atoms with Gasteiger partial charge in [0.1, 0.15) is 0 Å². The zero-order valence-electron chi connectivity index (χ0n) is 13.4. The lowest BCUT2D eigenvalue weighted by molar-refractivity contribution is -0.141. The van der Waals surface area contributed by atoms with Crippen LogP contribution in [0.3, 0.4) is 0 Å². The van der Waals surface area contributed by atoms with E-state index in [9.17, 15) is 4.79 Å². The smallest absolute Gasteiger partial charge is 0.226 e. The van der Waals surface area contributed by atoms with Crippen LogP contribution < -0.4 is 5.32 Å². The Labute approximate surface area is 146 Å². The van der Waals surface area contributed by atoms with Gasteiger partial charge in [0.2, 0.25) is 5.91 Å². The number of amides is 1. The summed E-state index contributed by atoms with van der Waals surface area (Å²) in [6, 6.07) is 0.449. The third kappa shape index (κ3) is 2.77. The molecule has 122 valence electrons. The number of halogens is 1. The highest BCUT2D eigenvalue weighted by atomic mass is 79.9. The van der Waals surface area contributed by atoms with Crippen molar-refractivity contribution in [2.45, 2.75) is 44.6 Å². The number of nitrogens with one attached hydrogen (secondary N) is 1. The van der Waals surface area contributed by atoms with Gasteiger partial charge in [-0.3, -0.25) is 4.79 Å². The van der Waals surface area contributed by atoms with Crippen molar-refractivity contribution in [1.82, 2.24) is 5.32 Å². The molecule has 1 N–H and O–H groups in total. The molecule has 1 amide bonds. The molecule has 0 aromatic rings. The fourth-order valence-electron chi connectivity index (χ4n) is 4.27. The number of allylic oxidation sites excluding steroid dienone is 8. The molecule has 4 aliphatic rings. The summed E-state index contributed by atoms with van der Waals surface area (Å²) in [4.78, 5) is 12.7. The average molecular weight is 374 g/mol. The second-order valence-electron chi connectivity index (χ2n) is 7.76. The standard InChI is InChI=1S/C20H24BrNO/c21-13-12-20(17(23)22-16-4-5-16)14-19(15-20)10-8-18(9-11-19)6-2-1-3-7-18/h2-3,6-11,16H,1,4-5,12-15H2,(H,22,23). The van der Waals surface area contributed by atoms with Crippen LogP contribution in [0.15, 0.2) is 48.6 Å². The van der Waals surface area contributed by atoms with Crippen LogP contribution in [0.25, 0.3) is 0 Å². The highest BCUT2D eigenvalue weighted by molar-refractivity contribution is 9.09. The maximum absolute atomic E-state index is 12.7. The highest BCUT2D eigenvalue weighted by Crippen LogP contribution is 2.60. The van der Waals surface area contributed by atoms with Gasteiger partial charge in [-0.05, 0) is 38.5 Å². The molecule has 0 radical (unpaired) electrons. The Hall–Kier alpha value is -1.09. The van der Waals surface area contributed by atoms with Crippen molar-refractivity contribution >= 4 is 21.8 Å². The van der Waals surface area contributed by atoms with Crippen molar-refractivity contribution in [2.75, 3.05) is 5.33 Å². The first-order valence-corrected chi connectivity index (χ1v) is 9.85. The lowest BCUT2D eigenvalue weighted by atomic mass is 9.49. The van der Waals surface area contributed by atoms with E-state index in [0.29, 0.717) is 6.04 Å². The van der Waals surface area contributed by atoms with Gasteiger partial charge in [-0.2, -0.15) is 0 Å². The molecule has 0 bridgehead atoms. The number of hydrogen-bond acceptors (Lipinski definition) is 1. The summed E-state index contributed by atoms with van der Waals surface area (Å²) in [6.07, 6.45) is 24.5. The van der Waals surface area contributed by atoms with Crippen LogP contribution in [-0.4, -0.2) is 17.3 Å². The molecular weight excluding hydrogens is 350 g/mol. The first-order valence-electron chi connectivity index (χ1n) is 8.73.